The third kappa shape index (κ3) is 5.36. The minimum atomic E-state index is -2.84. The molecule has 0 aliphatic carbocycles. The fourth-order valence-electron chi connectivity index (χ4n) is 3.70. The summed E-state index contributed by atoms with van der Waals surface area (Å²) in [5.74, 6) is -5.02. The van der Waals surface area contributed by atoms with Crippen LogP contribution in [0.3, 0.4) is 0 Å². The number of hydrogen-bond donors (Lipinski definition) is 6. The van der Waals surface area contributed by atoms with Crippen molar-refractivity contribution in [1.82, 2.24) is 19.5 Å². The number of carboxylic acid groups (broad SMARTS) is 3. The molecular weight excluding hydrogens is 530 g/mol. The van der Waals surface area contributed by atoms with Gasteiger partial charge in [-0.1, -0.05) is 12.1 Å². The molecule has 3 atom stereocenters. The van der Waals surface area contributed by atoms with Crippen LogP contribution in [0.25, 0.3) is 11.2 Å². The first-order valence-electron chi connectivity index (χ1n) is 10.8. The Labute approximate surface area is 219 Å². The highest BCUT2D eigenvalue weighted by Gasteiger charge is 2.50. The lowest BCUT2D eigenvalue weighted by Gasteiger charge is -2.36. The van der Waals surface area contributed by atoms with Gasteiger partial charge in [0.05, 0.1) is 18.5 Å². The van der Waals surface area contributed by atoms with E-state index >= 15 is 0 Å². The van der Waals surface area contributed by atoms with Gasteiger partial charge in [0, 0.05) is 13.5 Å². The third-order valence-corrected chi connectivity index (χ3v) is 6.11. The molecule has 0 aliphatic rings. The number of nitrogens with zero attached hydrogens (tertiary/aromatic N) is 4. The molecule has 204 valence electrons. The van der Waals surface area contributed by atoms with Gasteiger partial charge in [0.15, 0.2) is 17.2 Å². The van der Waals surface area contributed by atoms with E-state index in [4.69, 9.17) is 31.9 Å². The fourth-order valence-corrected chi connectivity index (χ4v) is 3.87. The van der Waals surface area contributed by atoms with Crippen molar-refractivity contribution in [2.75, 3.05) is 19.5 Å². The third-order valence-electron chi connectivity index (χ3n) is 5.94. The molecule has 38 heavy (non-hydrogen) atoms. The summed E-state index contributed by atoms with van der Waals surface area (Å²) in [4.78, 5) is 47.0. The molecule has 0 fully saturated rings. The second kappa shape index (κ2) is 10.8. The van der Waals surface area contributed by atoms with E-state index in [1.165, 1.54) is 31.2 Å². The van der Waals surface area contributed by atoms with Crippen molar-refractivity contribution >= 4 is 46.5 Å². The van der Waals surface area contributed by atoms with Crippen molar-refractivity contribution < 1.29 is 49.4 Å². The van der Waals surface area contributed by atoms with Crippen LogP contribution >= 0.6 is 11.6 Å². The Morgan fingerprint density at radius 1 is 1.13 bits per heavy atom. The molecule has 1 aromatic carbocycles. The van der Waals surface area contributed by atoms with Gasteiger partial charge < -0.3 is 40.7 Å². The van der Waals surface area contributed by atoms with E-state index in [1.54, 1.807) is 0 Å². The minimum Gasteiger partial charge on any atom is -0.479 e. The zero-order chi connectivity index (χ0) is 28.4. The SMILES string of the molecule is CO[C@H](COC(Cc1ccc(C(=O)O)cc1)(C(=O)O)C(=O)O)[C@@H](O)[C@@](C)(O)n1cnc2c(N)nc(Cl)nc21. The van der Waals surface area contributed by atoms with Gasteiger partial charge in [0.1, 0.15) is 17.7 Å². The van der Waals surface area contributed by atoms with Crippen molar-refractivity contribution in [3.05, 3.63) is 47.0 Å². The monoisotopic (exact) mass is 553 g/mol. The lowest BCUT2D eigenvalue weighted by Crippen LogP contribution is -2.55. The maximum Gasteiger partial charge on any atom is 0.348 e. The van der Waals surface area contributed by atoms with E-state index in [0.717, 1.165) is 18.0 Å². The number of aromatic nitrogens is 4. The van der Waals surface area contributed by atoms with Crippen LogP contribution in [-0.4, -0.2) is 94.5 Å². The Morgan fingerprint density at radius 3 is 2.26 bits per heavy atom. The van der Waals surface area contributed by atoms with Gasteiger partial charge in [-0.2, -0.15) is 9.97 Å². The van der Waals surface area contributed by atoms with Crippen LogP contribution in [0, 0.1) is 0 Å². The number of hydrogen-bond acceptors (Lipinski definition) is 11. The molecule has 0 spiro atoms. The molecule has 0 saturated heterocycles. The van der Waals surface area contributed by atoms with Gasteiger partial charge in [-0.15, -0.1) is 0 Å². The lowest BCUT2D eigenvalue weighted by molar-refractivity contribution is -0.205. The number of ether oxygens (including phenoxy) is 2. The number of benzene rings is 1. The molecule has 2 heterocycles. The van der Waals surface area contributed by atoms with E-state index in [2.05, 4.69) is 15.0 Å². The largest absolute Gasteiger partial charge is 0.479 e. The van der Waals surface area contributed by atoms with Gasteiger partial charge in [0.25, 0.3) is 5.60 Å². The van der Waals surface area contributed by atoms with Crippen molar-refractivity contribution in [3.63, 3.8) is 0 Å². The molecule has 0 bridgehead atoms. The molecule has 0 radical (unpaired) electrons. The maximum absolute atomic E-state index is 12.1. The van der Waals surface area contributed by atoms with Crippen molar-refractivity contribution in [1.29, 1.82) is 0 Å². The predicted molar refractivity (Wildman–Crippen MR) is 128 cm³/mol. The smallest absolute Gasteiger partial charge is 0.348 e. The molecule has 3 aromatic rings. The van der Waals surface area contributed by atoms with Crippen LogP contribution in [0.4, 0.5) is 5.82 Å². The summed E-state index contributed by atoms with van der Waals surface area (Å²) in [6.07, 6.45) is -2.90. The number of carboxylic acids is 3. The summed E-state index contributed by atoms with van der Waals surface area (Å²) < 4.78 is 11.6. The number of aromatic carboxylic acids is 1. The molecule has 0 amide bonds. The Hall–Kier alpha value is -3.89. The van der Waals surface area contributed by atoms with Crippen LogP contribution in [0.1, 0.15) is 22.8 Å². The molecule has 0 saturated carbocycles. The first-order valence-corrected chi connectivity index (χ1v) is 11.1. The van der Waals surface area contributed by atoms with Crippen LogP contribution in [0.5, 0.6) is 0 Å². The average molecular weight is 554 g/mol. The first kappa shape index (κ1) is 28.7. The van der Waals surface area contributed by atoms with E-state index in [1.807, 2.05) is 0 Å². The fraction of sp³-hybridized carbons (Fsp3) is 0.364. The predicted octanol–water partition coefficient (Wildman–Crippen LogP) is -0.0317. The maximum atomic E-state index is 12.1. The number of aliphatic carboxylic acids is 2. The number of rotatable bonds is 12. The second-order valence-electron chi connectivity index (χ2n) is 8.40. The molecule has 15 nitrogen and oxygen atoms in total. The van der Waals surface area contributed by atoms with Crippen LogP contribution < -0.4 is 5.73 Å². The highest BCUT2D eigenvalue weighted by atomic mass is 35.5. The van der Waals surface area contributed by atoms with E-state index in [9.17, 15) is 34.8 Å². The number of aliphatic hydroxyl groups is 2. The van der Waals surface area contributed by atoms with E-state index < -0.39 is 54.5 Å². The first-order chi connectivity index (χ1) is 17.7. The normalized spacial score (nSPS) is 15.1. The van der Waals surface area contributed by atoms with Crippen molar-refractivity contribution in [3.8, 4) is 0 Å². The topological polar surface area (TPSA) is 240 Å². The van der Waals surface area contributed by atoms with E-state index in [-0.39, 0.29) is 33.4 Å². The number of nitrogen functional groups attached to an aromatic ring is 1. The summed E-state index contributed by atoms with van der Waals surface area (Å²) in [5.41, 5.74) is 0.829. The summed E-state index contributed by atoms with van der Waals surface area (Å²) in [7, 11) is 1.13. The zero-order valence-corrected chi connectivity index (χ0v) is 20.7. The van der Waals surface area contributed by atoms with Crippen molar-refractivity contribution in [2.24, 2.45) is 0 Å². The number of carbonyl (C=O) groups is 3. The standard InChI is InChI=1S/C22H24ClN5O10/c1-21(36,28-9-25-13-15(24)26-20(23)27-16(13)28)14(29)12(37-2)8-38-22(18(32)33,19(34)35)7-10-3-5-11(6-4-10)17(30)31/h3-6,9,12,14,29,36H,7-8H2,1-2H3,(H,30,31)(H,32,33)(H,34,35)(H2,24,26,27)/t12-,14-,21-/m1/s1. The van der Waals surface area contributed by atoms with Gasteiger partial charge in [0.2, 0.25) is 5.28 Å². The summed E-state index contributed by atoms with van der Waals surface area (Å²) in [6.45, 7) is 0.368. The quantitative estimate of drug-likeness (QED) is 0.127. The number of nitrogens with two attached hydrogens (primary N) is 1. The molecule has 7 N–H and O–H groups in total. The summed E-state index contributed by atoms with van der Waals surface area (Å²) in [5, 5.41) is 50.6. The Balaban J connectivity index is 1.89. The minimum absolute atomic E-state index is 0.0300. The van der Waals surface area contributed by atoms with Gasteiger partial charge in [-0.25, -0.2) is 19.4 Å². The van der Waals surface area contributed by atoms with Gasteiger partial charge in [-0.05, 0) is 36.2 Å². The van der Waals surface area contributed by atoms with Crippen LogP contribution in [0.2, 0.25) is 5.28 Å². The Morgan fingerprint density at radius 2 is 1.74 bits per heavy atom. The van der Waals surface area contributed by atoms with Gasteiger partial charge >= 0.3 is 17.9 Å². The molecule has 0 unspecified atom stereocenters. The average Bonchev–Trinajstić information content (AvgIpc) is 3.28. The summed E-state index contributed by atoms with van der Waals surface area (Å²) in [6, 6.07) is 4.87. The number of imidazole rings is 1. The number of fused-ring (bicyclic) bond motifs is 1. The molecule has 3 rings (SSSR count). The van der Waals surface area contributed by atoms with E-state index in [0.29, 0.717) is 0 Å². The van der Waals surface area contributed by atoms with Gasteiger partial charge in [-0.3, -0.25) is 4.57 Å². The van der Waals surface area contributed by atoms with Crippen LogP contribution in [-0.2, 0) is 31.2 Å². The molecule has 0 aliphatic heterocycles. The molecule has 2 aromatic heterocycles. The number of anilines is 1. The zero-order valence-electron chi connectivity index (χ0n) is 20.0. The highest BCUT2D eigenvalue weighted by molar-refractivity contribution is 6.28. The Bertz CT molecular complexity index is 1350. The number of methoxy groups -OCH3 is 1. The summed E-state index contributed by atoms with van der Waals surface area (Å²) >= 11 is 5.85. The Kier molecular flexibility index (Phi) is 8.18. The van der Waals surface area contributed by atoms with Crippen LogP contribution in [0.15, 0.2) is 30.6 Å². The highest BCUT2D eigenvalue weighted by Crippen LogP contribution is 2.29. The van der Waals surface area contributed by atoms with Crippen molar-refractivity contribution in [2.45, 2.75) is 36.9 Å². The second-order valence-corrected chi connectivity index (χ2v) is 8.74. The number of aliphatic hydroxyl groups excluding tert-OH is 1. The lowest BCUT2D eigenvalue weighted by atomic mass is 9.93. The molecular formula is C22H24ClN5O10. The molecule has 16 heteroatoms. The number of halogens is 1.